The molecule has 0 aromatic heterocycles. The van der Waals surface area contributed by atoms with Gasteiger partial charge in [-0.25, -0.2) is 0 Å². The zero-order chi connectivity index (χ0) is 11.7. The molecule has 86 valence electrons. The van der Waals surface area contributed by atoms with Crippen LogP contribution in [0.15, 0.2) is 12.7 Å². The summed E-state index contributed by atoms with van der Waals surface area (Å²) in [5.41, 5.74) is 5.29. The molecule has 0 radical (unpaired) electrons. The number of nitrogens with one attached hydrogen (secondary N) is 1. The summed E-state index contributed by atoms with van der Waals surface area (Å²) in [6, 6.07) is -0.839. The van der Waals surface area contributed by atoms with E-state index in [0.29, 0.717) is 24.5 Å². The highest BCUT2D eigenvalue weighted by atomic mass is 32.2. The van der Waals surface area contributed by atoms with Crippen molar-refractivity contribution in [1.29, 1.82) is 0 Å². The summed E-state index contributed by atoms with van der Waals surface area (Å²) >= 11 is 1.37. The van der Waals surface area contributed by atoms with E-state index in [-0.39, 0.29) is 5.91 Å². The Kier molecular flexibility index (Phi) is 7.75. The molecule has 0 heterocycles. The summed E-state index contributed by atoms with van der Waals surface area (Å²) in [7, 11) is 0. The first kappa shape index (κ1) is 14.0. The van der Waals surface area contributed by atoms with E-state index in [0.717, 1.165) is 0 Å². The minimum absolute atomic E-state index is 0.0798. The molecule has 0 aliphatic carbocycles. The summed E-state index contributed by atoms with van der Waals surface area (Å²) in [5, 5.41) is 11.1. The van der Waals surface area contributed by atoms with E-state index in [1.807, 2.05) is 0 Å². The topological polar surface area (TPSA) is 92.4 Å². The average molecular weight is 232 g/mol. The Balaban J connectivity index is 3.41. The van der Waals surface area contributed by atoms with Gasteiger partial charge in [-0.1, -0.05) is 6.08 Å². The molecule has 6 heteroatoms. The number of carboxylic acid groups (broad SMARTS) is 1. The van der Waals surface area contributed by atoms with Crippen molar-refractivity contribution in [3.8, 4) is 0 Å². The van der Waals surface area contributed by atoms with Crippen LogP contribution < -0.4 is 11.1 Å². The predicted molar refractivity (Wildman–Crippen MR) is 60.8 cm³/mol. The fraction of sp³-hybridized carbons (Fsp3) is 0.556. The second-order valence-electron chi connectivity index (χ2n) is 2.88. The highest BCUT2D eigenvalue weighted by Gasteiger charge is 2.10. The molecule has 1 unspecified atom stereocenters. The monoisotopic (exact) mass is 232 g/mol. The third-order valence-electron chi connectivity index (χ3n) is 1.57. The fourth-order valence-electron chi connectivity index (χ4n) is 0.736. The lowest BCUT2D eigenvalue weighted by Crippen LogP contribution is -2.31. The van der Waals surface area contributed by atoms with Gasteiger partial charge < -0.3 is 16.2 Å². The highest BCUT2D eigenvalue weighted by Crippen LogP contribution is 2.03. The number of carbonyl (C=O) groups excluding carboxylic acids is 1. The highest BCUT2D eigenvalue weighted by molar-refractivity contribution is 7.99. The molecule has 5 nitrogen and oxygen atoms in total. The number of nitrogens with two attached hydrogens (primary N) is 1. The zero-order valence-corrected chi connectivity index (χ0v) is 9.26. The van der Waals surface area contributed by atoms with Gasteiger partial charge in [0.05, 0.1) is 5.75 Å². The van der Waals surface area contributed by atoms with Crippen molar-refractivity contribution in [1.82, 2.24) is 5.32 Å². The molecular formula is C9H16N2O3S. The molecule has 0 aliphatic heterocycles. The third-order valence-corrected chi connectivity index (χ3v) is 2.56. The molecule has 0 fully saturated rings. The number of thioether (sulfide) groups is 1. The predicted octanol–water partition coefficient (Wildman–Crippen LogP) is -0.176. The molecule has 0 aromatic carbocycles. The van der Waals surface area contributed by atoms with Crippen molar-refractivity contribution >= 4 is 23.6 Å². The van der Waals surface area contributed by atoms with Gasteiger partial charge in [-0.3, -0.25) is 9.59 Å². The van der Waals surface area contributed by atoms with E-state index < -0.39 is 12.0 Å². The number of amides is 1. The minimum Gasteiger partial charge on any atom is -0.480 e. The summed E-state index contributed by atoms with van der Waals surface area (Å²) < 4.78 is 0. The van der Waals surface area contributed by atoms with Gasteiger partial charge in [-0.05, 0) is 12.2 Å². The van der Waals surface area contributed by atoms with Crippen LogP contribution in [0.2, 0.25) is 0 Å². The summed E-state index contributed by atoms with van der Waals surface area (Å²) in [4.78, 5) is 21.4. The van der Waals surface area contributed by atoms with Gasteiger partial charge in [0, 0.05) is 6.54 Å². The Morgan fingerprint density at radius 1 is 1.60 bits per heavy atom. The molecule has 0 bridgehead atoms. The van der Waals surface area contributed by atoms with Crippen molar-refractivity contribution in [2.75, 3.05) is 18.1 Å². The Morgan fingerprint density at radius 2 is 2.27 bits per heavy atom. The lowest BCUT2D eigenvalue weighted by Gasteiger charge is -2.05. The maximum absolute atomic E-state index is 11.1. The molecular weight excluding hydrogens is 216 g/mol. The number of carboxylic acids is 1. The number of aliphatic carboxylic acids is 1. The largest absolute Gasteiger partial charge is 0.480 e. The molecule has 0 saturated carbocycles. The van der Waals surface area contributed by atoms with Crippen LogP contribution in [-0.4, -0.2) is 41.1 Å². The van der Waals surface area contributed by atoms with Crippen LogP contribution in [-0.2, 0) is 9.59 Å². The third kappa shape index (κ3) is 8.02. The van der Waals surface area contributed by atoms with Crippen LogP contribution in [0.4, 0.5) is 0 Å². The summed E-state index contributed by atoms with van der Waals surface area (Å²) in [6.07, 6.45) is 1.97. The molecule has 0 rings (SSSR count). The van der Waals surface area contributed by atoms with E-state index >= 15 is 0 Å². The van der Waals surface area contributed by atoms with Crippen LogP contribution in [0.1, 0.15) is 6.42 Å². The van der Waals surface area contributed by atoms with Crippen LogP contribution in [0, 0.1) is 0 Å². The molecule has 0 saturated heterocycles. The quantitative estimate of drug-likeness (QED) is 0.399. The zero-order valence-electron chi connectivity index (χ0n) is 8.44. The molecule has 4 N–H and O–H groups in total. The standard InChI is InChI=1S/C9H16N2O3S/c1-2-4-11-8(12)6-15-5-3-7(10)9(13)14/h2,7H,1,3-6,10H2,(H,11,12)(H,13,14). The molecule has 1 amide bonds. The van der Waals surface area contributed by atoms with E-state index in [1.54, 1.807) is 6.08 Å². The van der Waals surface area contributed by atoms with E-state index in [2.05, 4.69) is 11.9 Å². The van der Waals surface area contributed by atoms with E-state index in [9.17, 15) is 9.59 Å². The van der Waals surface area contributed by atoms with Crippen LogP contribution in [0.25, 0.3) is 0 Å². The minimum atomic E-state index is -1.01. The Labute approximate surface area is 93.1 Å². The lowest BCUT2D eigenvalue weighted by molar-refractivity contribution is -0.138. The molecule has 0 spiro atoms. The Bertz CT molecular complexity index is 233. The second kappa shape index (κ2) is 8.31. The van der Waals surface area contributed by atoms with Crippen LogP contribution >= 0.6 is 11.8 Å². The number of rotatable bonds is 8. The number of hydrogen-bond acceptors (Lipinski definition) is 4. The maximum Gasteiger partial charge on any atom is 0.320 e. The molecule has 15 heavy (non-hydrogen) atoms. The van der Waals surface area contributed by atoms with E-state index in [4.69, 9.17) is 10.8 Å². The SMILES string of the molecule is C=CCNC(=O)CSCCC(N)C(=O)O. The normalized spacial score (nSPS) is 11.8. The first-order chi connectivity index (χ1) is 7.07. The van der Waals surface area contributed by atoms with Gasteiger partial charge in [0.2, 0.25) is 5.91 Å². The number of hydrogen-bond donors (Lipinski definition) is 3. The van der Waals surface area contributed by atoms with E-state index in [1.165, 1.54) is 11.8 Å². The molecule has 0 aromatic rings. The lowest BCUT2D eigenvalue weighted by atomic mass is 10.2. The van der Waals surface area contributed by atoms with Crippen LogP contribution in [0.3, 0.4) is 0 Å². The van der Waals surface area contributed by atoms with Gasteiger partial charge in [0.15, 0.2) is 0 Å². The smallest absolute Gasteiger partial charge is 0.320 e. The second-order valence-corrected chi connectivity index (χ2v) is 3.98. The first-order valence-electron chi connectivity index (χ1n) is 4.51. The molecule has 0 aliphatic rings. The average Bonchev–Trinajstić information content (AvgIpc) is 2.20. The summed E-state index contributed by atoms with van der Waals surface area (Å²) in [6.45, 7) is 3.92. The van der Waals surface area contributed by atoms with Crippen molar-refractivity contribution in [3.63, 3.8) is 0 Å². The van der Waals surface area contributed by atoms with Gasteiger partial charge in [0.1, 0.15) is 6.04 Å². The van der Waals surface area contributed by atoms with Gasteiger partial charge in [0.25, 0.3) is 0 Å². The molecule has 1 atom stereocenters. The summed E-state index contributed by atoms with van der Waals surface area (Å²) in [5.74, 6) is -0.203. The fourth-order valence-corrected chi connectivity index (χ4v) is 1.59. The van der Waals surface area contributed by atoms with Crippen LogP contribution in [0.5, 0.6) is 0 Å². The van der Waals surface area contributed by atoms with Crippen molar-refractivity contribution in [2.24, 2.45) is 5.73 Å². The Hall–Kier alpha value is -1.01. The van der Waals surface area contributed by atoms with Gasteiger partial charge in [-0.15, -0.1) is 6.58 Å². The Morgan fingerprint density at radius 3 is 2.80 bits per heavy atom. The van der Waals surface area contributed by atoms with Crippen molar-refractivity contribution < 1.29 is 14.7 Å². The van der Waals surface area contributed by atoms with Crippen molar-refractivity contribution in [2.45, 2.75) is 12.5 Å². The maximum atomic E-state index is 11.1. The first-order valence-corrected chi connectivity index (χ1v) is 5.67. The van der Waals surface area contributed by atoms with Gasteiger partial charge in [-0.2, -0.15) is 11.8 Å². The van der Waals surface area contributed by atoms with Crippen molar-refractivity contribution in [3.05, 3.63) is 12.7 Å². The van der Waals surface area contributed by atoms with Gasteiger partial charge >= 0.3 is 5.97 Å². The number of carbonyl (C=O) groups is 2.